The third-order valence-corrected chi connectivity index (χ3v) is 3.47. The summed E-state index contributed by atoms with van der Waals surface area (Å²) in [6, 6.07) is 5.39. The molecule has 100 valence electrons. The molecule has 0 fully saturated rings. The van der Waals surface area contributed by atoms with E-state index in [0.717, 1.165) is 15.0 Å². The van der Waals surface area contributed by atoms with Crippen molar-refractivity contribution in [3.8, 4) is 0 Å². The Hall–Kier alpha value is -1.01. The quantitative estimate of drug-likeness (QED) is 0.827. The highest BCUT2D eigenvalue weighted by Gasteiger charge is 2.03. The monoisotopic (exact) mass is 390 g/mol. The van der Waals surface area contributed by atoms with Crippen LogP contribution in [0.5, 0.6) is 0 Å². The Bertz CT molecular complexity index is 571. The molecular weight excluding hydrogens is 382 g/mol. The van der Waals surface area contributed by atoms with E-state index < -0.39 is 11.6 Å². The zero-order chi connectivity index (χ0) is 13.8. The maximum absolute atomic E-state index is 13.0. The van der Waals surface area contributed by atoms with E-state index in [2.05, 4.69) is 42.2 Å². The zero-order valence-electron chi connectivity index (χ0n) is 9.76. The van der Waals surface area contributed by atoms with E-state index in [1.165, 1.54) is 12.1 Å². The highest BCUT2D eigenvalue weighted by atomic mass is 79.9. The molecule has 1 N–H and O–H groups in total. The first-order chi connectivity index (χ1) is 9.04. The summed E-state index contributed by atoms with van der Waals surface area (Å²) in [5, 5.41) is 3.10. The number of nitrogens with zero attached hydrogens (tertiary/aromatic N) is 1. The Morgan fingerprint density at radius 1 is 1.05 bits per heavy atom. The number of rotatable bonds is 4. The van der Waals surface area contributed by atoms with Crippen molar-refractivity contribution in [3.05, 3.63) is 56.6 Å². The second-order valence-corrected chi connectivity index (χ2v) is 5.71. The van der Waals surface area contributed by atoms with E-state index in [4.69, 9.17) is 0 Å². The van der Waals surface area contributed by atoms with E-state index in [9.17, 15) is 8.78 Å². The number of hydrogen-bond donors (Lipinski definition) is 1. The summed E-state index contributed by atoms with van der Waals surface area (Å²) in [6.07, 6.45) is 2.19. The van der Waals surface area contributed by atoms with Gasteiger partial charge in [0.25, 0.3) is 0 Å². The third kappa shape index (κ3) is 4.24. The van der Waals surface area contributed by atoms with E-state index >= 15 is 0 Å². The van der Waals surface area contributed by atoms with Crippen LogP contribution in [-0.4, -0.2) is 11.5 Å². The molecular formula is C13H10Br2F2N2. The number of benzene rings is 1. The number of nitrogens with one attached hydrogen (secondary N) is 1. The molecule has 0 aliphatic carbocycles. The summed E-state index contributed by atoms with van der Waals surface area (Å²) in [5.74, 6) is -0.420. The van der Waals surface area contributed by atoms with E-state index in [0.29, 0.717) is 24.3 Å². The van der Waals surface area contributed by atoms with Gasteiger partial charge < -0.3 is 5.32 Å². The van der Waals surface area contributed by atoms with Crippen LogP contribution < -0.4 is 5.32 Å². The van der Waals surface area contributed by atoms with Crippen LogP contribution in [-0.2, 0) is 6.42 Å². The molecule has 6 heteroatoms. The summed E-state index contributed by atoms with van der Waals surface area (Å²) >= 11 is 6.70. The number of anilines is 1. The number of aromatic nitrogens is 1. The smallest absolute Gasteiger partial charge is 0.140 e. The lowest BCUT2D eigenvalue weighted by molar-refractivity contribution is 0.580. The molecule has 0 saturated heterocycles. The maximum Gasteiger partial charge on any atom is 0.140 e. The van der Waals surface area contributed by atoms with Crippen molar-refractivity contribution in [2.24, 2.45) is 0 Å². The Labute approximate surface area is 126 Å². The molecule has 0 saturated carbocycles. The van der Waals surface area contributed by atoms with Gasteiger partial charge in [-0.25, -0.2) is 13.8 Å². The molecule has 0 spiro atoms. The molecule has 0 aliphatic rings. The van der Waals surface area contributed by atoms with E-state index in [1.54, 1.807) is 6.20 Å². The SMILES string of the molecule is Fc1cc(F)cc(CCNc2ncc(Br)cc2Br)c1. The van der Waals surface area contributed by atoms with Crippen LogP contribution in [0.25, 0.3) is 0 Å². The van der Waals surface area contributed by atoms with Crippen LogP contribution in [0.4, 0.5) is 14.6 Å². The van der Waals surface area contributed by atoms with Crippen molar-refractivity contribution >= 4 is 37.7 Å². The minimum atomic E-state index is -0.557. The molecule has 1 aromatic carbocycles. The minimum Gasteiger partial charge on any atom is -0.369 e. The highest BCUT2D eigenvalue weighted by molar-refractivity contribution is 9.11. The Morgan fingerprint density at radius 2 is 1.74 bits per heavy atom. The van der Waals surface area contributed by atoms with Gasteiger partial charge >= 0.3 is 0 Å². The van der Waals surface area contributed by atoms with Gasteiger partial charge in [-0.2, -0.15) is 0 Å². The van der Waals surface area contributed by atoms with Crippen molar-refractivity contribution in [2.45, 2.75) is 6.42 Å². The van der Waals surface area contributed by atoms with Crippen molar-refractivity contribution in [1.29, 1.82) is 0 Å². The number of pyridine rings is 1. The molecule has 0 bridgehead atoms. The number of hydrogen-bond acceptors (Lipinski definition) is 2. The van der Waals surface area contributed by atoms with Crippen molar-refractivity contribution in [3.63, 3.8) is 0 Å². The van der Waals surface area contributed by atoms with Gasteiger partial charge in [-0.1, -0.05) is 0 Å². The summed E-state index contributed by atoms with van der Waals surface area (Å²) in [4.78, 5) is 4.19. The lowest BCUT2D eigenvalue weighted by Crippen LogP contribution is -2.07. The van der Waals surface area contributed by atoms with Gasteiger partial charge in [0.1, 0.15) is 17.5 Å². The van der Waals surface area contributed by atoms with Gasteiger partial charge in [0.2, 0.25) is 0 Å². The van der Waals surface area contributed by atoms with Crippen molar-refractivity contribution < 1.29 is 8.78 Å². The first-order valence-corrected chi connectivity index (χ1v) is 7.13. The van der Waals surface area contributed by atoms with Crippen LogP contribution in [0, 0.1) is 11.6 Å². The molecule has 0 atom stereocenters. The van der Waals surface area contributed by atoms with Crippen LogP contribution in [0.2, 0.25) is 0 Å². The standard InChI is InChI=1S/C13H10Br2F2N2/c14-9-5-12(15)13(19-7-9)18-2-1-8-3-10(16)6-11(17)4-8/h3-7H,1-2H2,(H,18,19). The predicted molar refractivity (Wildman–Crippen MR) is 78.2 cm³/mol. The molecule has 0 radical (unpaired) electrons. The summed E-state index contributed by atoms with van der Waals surface area (Å²) in [6.45, 7) is 0.538. The Balaban J connectivity index is 1.96. The van der Waals surface area contributed by atoms with Crippen LogP contribution in [0.1, 0.15) is 5.56 Å². The van der Waals surface area contributed by atoms with E-state index in [1.807, 2.05) is 6.07 Å². The van der Waals surface area contributed by atoms with Crippen LogP contribution in [0.15, 0.2) is 39.4 Å². The molecule has 0 amide bonds. The predicted octanol–water partition coefficient (Wildman–Crippen LogP) is 4.54. The largest absolute Gasteiger partial charge is 0.369 e. The third-order valence-electron chi connectivity index (χ3n) is 2.44. The first kappa shape index (κ1) is 14.4. The molecule has 19 heavy (non-hydrogen) atoms. The normalized spacial score (nSPS) is 10.5. The minimum absolute atomic E-state index is 0.513. The van der Waals surface area contributed by atoms with Crippen molar-refractivity contribution in [1.82, 2.24) is 4.98 Å². The molecule has 0 aliphatic heterocycles. The Morgan fingerprint density at radius 3 is 2.37 bits per heavy atom. The van der Waals surface area contributed by atoms with Gasteiger partial charge in [0, 0.05) is 23.3 Å². The highest BCUT2D eigenvalue weighted by Crippen LogP contribution is 2.23. The second kappa shape index (κ2) is 6.43. The summed E-state index contributed by atoms with van der Waals surface area (Å²) in [7, 11) is 0. The average molecular weight is 392 g/mol. The summed E-state index contributed by atoms with van der Waals surface area (Å²) in [5.41, 5.74) is 0.609. The lowest BCUT2D eigenvalue weighted by Gasteiger charge is -2.08. The molecule has 1 heterocycles. The lowest BCUT2D eigenvalue weighted by atomic mass is 10.1. The van der Waals surface area contributed by atoms with Crippen LogP contribution in [0.3, 0.4) is 0 Å². The molecule has 2 aromatic rings. The summed E-state index contributed by atoms with van der Waals surface area (Å²) < 4.78 is 27.7. The van der Waals surface area contributed by atoms with Gasteiger partial charge in [0.05, 0.1) is 4.47 Å². The van der Waals surface area contributed by atoms with Crippen LogP contribution >= 0.6 is 31.9 Å². The molecule has 2 rings (SSSR count). The first-order valence-electron chi connectivity index (χ1n) is 5.54. The molecule has 2 nitrogen and oxygen atoms in total. The average Bonchev–Trinajstić information content (AvgIpc) is 2.30. The number of halogens is 4. The van der Waals surface area contributed by atoms with Crippen molar-refractivity contribution in [2.75, 3.05) is 11.9 Å². The molecule has 1 aromatic heterocycles. The zero-order valence-corrected chi connectivity index (χ0v) is 12.9. The molecule has 0 unspecified atom stereocenters. The van der Waals surface area contributed by atoms with Gasteiger partial charge in [-0.15, -0.1) is 0 Å². The second-order valence-electron chi connectivity index (χ2n) is 3.94. The Kier molecular flexibility index (Phi) is 4.87. The van der Waals surface area contributed by atoms with Gasteiger partial charge in [0.15, 0.2) is 0 Å². The maximum atomic E-state index is 13.0. The fourth-order valence-electron chi connectivity index (χ4n) is 1.63. The fourth-order valence-corrected chi connectivity index (χ4v) is 2.75. The van der Waals surface area contributed by atoms with Gasteiger partial charge in [-0.05, 0) is 62.0 Å². The fraction of sp³-hybridized carbons (Fsp3) is 0.154. The van der Waals surface area contributed by atoms with Gasteiger partial charge in [-0.3, -0.25) is 0 Å². The topological polar surface area (TPSA) is 24.9 Å². The van der Waals surface area contributed by atoms with E-state index in [-0.39, 0.29) is 0 Å².